The first-order valence-electron chi connectivity index (χ1n) is 7.80. The van der Waals surface area contributed by atoms with Gasteiger partial charge in [-0.3, -0.25) is 0 Å². The van der Waals surface area contributed by atoms with E-state index < -0.39 is 17.4 Å². The maximum Gasteiger partial charge on any atom is 0.188 e. The smallest absolute Gasteiger partial charge is 0.188 e. The van der Waals surface area contributed by atoms with Gasteiger partial charge in [0.2, 0.25) is 0 Å². The van der Waals surface area contributed by atoms with Gasteiger partial charge in [-0.25, -0.2) is 8.78 Å². The van der Waals surface area contributed by atoms with Crippen LogP contribution in [0.3, 0.4) is 0 Å². The summed E-state index contributed by atoms with van der Waals surface area (Å²) >= 11 is 0. The van der Waals surface area contributed by atoms with Crippen LogP contribution in [0.5, 0.6) is 5.75 Å². The Balaban J connectivity index is 1.64. The summed E-state index contributed by atoms with van der Waals surface area (Å²) in [5.41, 5.74) is 1.41. The number of phenolic OH excluding ortho intramolecular Hbond substituents is 1. The van der Waals surface area contributed by atoms with Gasteiger partial charge in [0.25, 0.3) is 0 Å². The zero-order valence-corrected chi connectivity index (χ0v) is 13.4. The summed E-state index contributed by atoms with van der Waals surface area (Å²) in [4.78, 5) is 0. The molecule has 0 saturated carbocycles. The van der Waals surface area contributed by atoms with E-state index in [1.807, 2.05) is 0 Å². The van der Waals surface area contributed by atoms with Crippen molar-refractivity contribution in [3.8, 4) is 17.1 Å². The number of halogens is 2. The van der Waals surface area contributed by atoms with Crippen LogP contribution in [0.4, 0.5) is 14.6 Å². The Hall–Kier alpha value is -3.55. The average Bonchev–Trinajstić information content (AvgIpc) is 3.06. The van der Waals surface area contributed by atoms with Crippen molar-refractivity contribution in [2.75, 3.05) is 5.32 Å². The molecule has 2 N–H and O–H groups in total. The number of phenols is 1. The third-order valence-electron chi connectivity index (χ3n) is 3.86. The highest BCUT2D eigenvalue weighted by atomic mass is 19.1. The van der Waals surface area contributed by atoms with Crippen LogP contribution < -0.4 is 5.32 Å². The largest absolute Gasteiger partial charge is 0.505 e. The maximum atomic E-state index is 14.0. The SMILES string of the molecule is Oc1ccc(CNc2ccc3nnc(-c4ccccc4F)n3n2)cc1F. The van der Waals surface area contributed by atoms with Crippen molar-refractivity contribution in [3.63, 3.8) is 0 Å². The second-order valence-corrected chi connectivity index (χ2v) is 5.63. The predicted octanol–water partition coefficient (Wildman–Crippen LogP) is 3.39. The highest BCUT2D eigenvalue weighted by Crippen LogP contribution is 2.22. The molecule has 4 aromatic rings. The molecule has 0 radical (unpaired) electrons. The van der Waals surface area contributed by atoms with E-state index in [-0.39, 0.29) is 5.82 Å². The van der Waals surface area contributed by atoms with Crippen molar-refractivity contribution in [3.05, 3.63) is 71.8 Å². The van der Waals surface area contributed by atoms with E-state index in [1.165, 1.54) is 22.7 Å². The van der Waals surface area contributed by atoms with Crippen molar-refractivity contribution >= 4 is 11.5 Å². The highest BCUT2D eigenvalue weighted by Gasteiger charge is 2.13. The molecule has 4 rings (SSSR count). The van der Waals surface area contributed by atoms with Gasteiger partial charge in [0.15, 0.2) is 23.0 Å². The normalized spacial score (nSPS) is 11.0. The molecular formula is C18H13F2N5O. The van der Waals surface area contributed by atoms with Crippen molar-refractivity contribution in [2.45, 2.75) is 6.54 Å². The molecule has 2 aromatic carbocycles. The third kappa shape index (κ3) is 2.92. The molecule has 2 heterocycles. The fourth-order valence-electron chi connectivity index (χ4n) is 2.55. The molecule has 26 heavy (non-hydrogen) atoms. The van der Waals surface area contributed by atoms with Gasteiger partial charge in [-0.1, -0.05) is 18.2 Å². The third-order valence-corrected chi connectivity index (χ3v) is 3.86. The summed E-state index contributed by atoms with van der Waals surface area (Å²) < 4.78 is 28.9. The standard InChI is InChI=1S/C18H13F2N5O/c19-13-4-2-1-3-12(13)18-23-22-17-8-7-16(24-25(17)18)21-10-11-5-6-15(26)14(20)9-11/h1-9,26H,10H2,(H,21,24). The topological polar surface area (TPSA) is 75.3 Å². The van der Waals surface area contributed by atoms with Gasteiger partial charge in [0.1, 0.15) is 11.6 Å². The van der Waals surface area contributed by atoms with E-state index in [0.717, 1.165) is 0 Å². The Bertz CT molecular complexity index is 1100. The predicted molar refractivity (Wildman–Crippen MR) is 91.6 cm³/mol. The van der Waals surface area contributed by atoms with Gasteiger partial charge in [0, 0.05) is 6.54 Å². The van der Waals surface area contributed by atoms with Crippen LogP contribution in [-0.2, 0) is 6.54 Å². The zero-order valence-electron chi connectivity index (χ0n) is 13.4. The molecule has 0 fully saturated rings. The van der Waals surface area contributed by atoms with E-state index >= 15 is 0 Å². The number of anilines is 1. The van der Waals surface area contributed by atoms with Crippen LogP contribution in [0.1, 0.15) is 5.56 Å². The molecule has 0 spiro atoms. The van der Waals surface area contributed by atoms with E-state index in [2.05, 4.69) is 20.6 Å². The molecule has 8 heteroatoms. The molecule has 0 amide bonds. The summed E-state index contributed by atoms with van der Waals surface area (Å²) in [5.74, 6) is -0.719. The first-order chi connectivity index (χ1) is 12.6. The van der Waals surface area contributed by atoms with Crippen LogP contribution in [0.25, 0.3) is 17.0 Å². The molecule has 0 saturated heterocycles. The fourth-order valence-corrected chi connectivity index (χ4v) is 2.55. The molecular weight excluding hydrogens is 340 g/mol. The van der Waals surface area contributed by atoms with Crippen molar-refractivity contribution in [2.24, 2.45) is 0 Å². The summed E-state index contributed by atoms with van der Waals surface area (Å²) in [6, 6.07) is 13.8. The van der Waals surface area contributed by atoms with Crippen LogP contribution in [0.15, 0.2) is 54.6 Å². The first kappa shape index (κ1) is 15.9. The summed E-state index contributed by atoms with van der Waals surface area (Å²) in [7, 11) is 0. The number of nitrogens with one attached hydrogen (secondary N) is 1. The number of hydrogen-bond donors (Lipinski definition) is 2. The quantitative estimate of drug-likeness (QED) is 0.588. The van der Waals surface area contributed by atoms with E-state index in [9.17, 15) is 13.9 Å². The van der Waals surface area contributed by atoms with Crippen LogP contribution in [-0.4, -0.2) is 24.9 Å². The lowest BCUT2D eigenvalue weighted by Crippen LogP contribution is -2.05. The first-order valence-corrected chi connectivity index (χ1v) is 7.80. The minimum Gasteiger partial charge on any atom is -0.505 e. The molecule has 2 aromatic heterocycles. The van der Waals surface area contributed by atoms with E-state index in [1.54, 1.807) is 36.4 Å². The lowest BCUT2D eigenvalue weighted by molar-refractivity contribution is 0.432. The maximum absolute atomic E-state index is 14.0. The second kappa shape index (κ2) is 6.40. The van der Waals surface area contributed by atoms with E-state index in [0.29, 0.717) is 29.1 Å². The van der Waals surface area contributed by atoms with Crippen molar-refractivity contribution in [1.82, 2.24) is 19.8 Å². The van der Waals surface area contributed by atoms with Crippen molar-refractivity contribution in [1.29, 1.82) is 0 Å². The molecule has 0 aliphatic heterocycles. The molecule has 0 unspecified atom stereocenters. The van der Waals surface area contributed by atoms with Gasteiger partial charge >= 0.3 is 0 Å². The summed E-state index contributed by atoms with van der Waals surface area (Å²) in [5, 5.41) is 24.7. The fraction of sp³-hybridized carbons (Fsp3) is 0.0556. The lowest BCUT2D eigenvalue weighted by Gasteiger charge is -2.07. The number of nitrogens with zero attached hydrogens (tertiary/aromatic N) is 4. The number of benzene rings is 2. The Kier molecular flexibility index (Phi) is 3.92. The van der Waals surface area contributed by atoms with Gasteiger partial charge in [-0.2, -0.15) is 4.52 Å². The van der Waals surface area contributed by atoms with Crippen LogP contribution in [0, 0.1) is 11.6 Å². The molecule has 0 aliphatic carbocycles. The van der Waals surface area contributed by atoms with Gasteiger partial charge < -0.3 is 10.4 Å². The molecule has 0 aliphatic rings. The van der Waals surface area contributed by atoms with Crippen LogP contribution in [0.2, 0.25) is 0 Å². The Morgan fingerprint density at radius 2 is 1.81 bits per heavy atom. The number of rotatable bonds is 4. The number of aromatic hydroxyl groups is 1. The second-order valence-electron chi connectivity index (χ2n) is 5.63. The lowest BCUT2D eigenvalue weighted by atomic mass is 10.2. The van der Waals surface area contributed by atoms with Crippen LogP contribution >= 0.6 is 0 Å². The van der Waals surface area contributed by atoms with Gasteiger partial charge in [0.05, 0.1) is 5.56 Å². The molecule has 6 nitrogen and oxygen atoms in total. The summed E-state index contributed by atoms with van der Waals surface area (Å²) in [6.07, 6.45) is 0. The average molecular weight is 353 g/mol. The van der Waals surface area contributed by atoms with Gasteiger partial charge in [-0.15, -0.1) is 15.3 Å². The summed E-state index contributed by atoms with van der Waals surface area (Å²) in [6.45, 7) is 0.298. The van der Waals surface area contributed by atoms with Gasteiger partial charge in [-0.05, 0) is 42.0 Å². The Labute approximate surface area is 146 Å². The number of aromatic nitrogens is 4. The minimum atomic E-state index is -0.687. The highest BCUT2D eigenvalue weighted by molar-refractivity contribution is 5.60. The Morgan fingerprint density at radius 3 is 2.62 bits per heavy atom. The van der Waals surface area contributed by atoms with Crippen molar-refractivity contribution < 1.29 is 13.9 Å². The minimum absolute atomic E-state index is 0.289. The zero-order chi connectivity index (χ0) is 18.1. The number of fused-ring (bicyclic) bond motifs is 1. The molecule has 0 bridgehead atoms. The molecule has 0 atom stereocenters. The number of hydrogen-bond acceptors (Lipinski definition) is 5. The Morgan fingerprint density at radius 1 is 0.962 bits per heavy atom. The monoisotopic (exact) mass is 353 g/mol. The molecule has 130 valence electrons. The van der Waals surface area contributed by atoms with E-state index in [4.69, 9.17) is 0 Å².